The second-order valence-electron chi connectivity index (χ2n) is 9.72. The Kier molecular flexibility index (Phi) is 5.09. The van der Waals surface area contributed by atoms with Gasteiger partial charge in [-0.1, -0.05) is 33.8 Å². The highest BCUT2D eigenvalue weighted by Crippen LogP contribution is 2.67. The van der Waals surface area contributed by atoms with Crippen molar-refractivity contribution >= 4 is 11.8 Å². The van der Waals surface area contributed by atoms with E-state index < -0.39 is 35.6 Å². The first-order valence-corrected chi connectivity index (χ1v) is 10.2. The summed E-state index contributed by atoms with van der Waals surface area (Å²) < 4.78 is 5.77. The van der Waals surface area contributed by atoms with Crippen molar-refractivity contribution in [3.05, 3.63) is 12.7 Å². The first-order valence-electron chi connectivity index (χ1n) is 10.2. The van der Waals surface area contributed by atoms with Crippen molar-refractivity contribution in [2.45, 2.75) is 72.0 Å². The van der Waals surface area contributed by atoms with Gasteiger partial charge in [-0.3, -0.25) is 4.79 Å². The molecule has 8 atom stereocenters. The lowest BCUT2D eigenvalue weighted by Crippen LogP contribution is -2.63. The number of carbonyl (C=O) groups is 2. The van der Waals surface area contributed by atoms with E-state index in [1.165, 1.54) is 0 Å². The van der Waals surface area contributed by atoms with Crippen LogP contribution in [-0.4, -0.2) is 40.8 Å². The molecule has 0 heterocycles. The Hall–Kier alpha value is -1.20. The van der Waals surface area contributed by atoms with Gasteiger partial charge >= 0.3 is 5.97 Å². The molecule has 3 aliphatic carbocycles. The molecule has 0 aromatic heterocycles. The summed E-state index contributed by atoms with van der Waals surface area (Å²) in [5, 5.41) is 20.6. The van der Waals surface area contributed by atoms with Gasteiger partial charge in [-0.25, -0.2) is 4.79 Å². The fraction of sp³-hybridized carbons (Fsp3) is 0.818. The molecule has 152 valence electrons. The molecule has 0 aromatic rings. The van der Waals surface area contributed by atoms with Crippen molar-refractivity contribution in [3.8, 4) is 0 Å². The molecule has 2 bridgehead atoms. The smallest absolute Gasteiger partial charge is 0.332 e. The van der Waals surface area contributed by atoms with E-state index in [0.717, 1.165) is 19.3 Å². The molecule has 0 radical (unpaired) electrons. The number of aliphatic hydroxyl groups is 2. The molecular weight excluding hydrogens is 344 g/mol. The number of rotatable bonds is 3. The number of hydrogen-bond acceptors (Lipinski definition) is 5. The normalized spacial score (nSPS) is 49.7. The summed E-state index contributed by atoms with van der Waals surface area (Å²) in [6.07, 6.45) is 4.10. The molecule has 3 saturated carbocycles. The van der Waals surface area contributed by atoms with Crippen LogP contribution in [0.15, 0.2) is 12.7 Å². The van der Waals surface area contributed by atoms with Crippen molar-refractivity contribution in [2.24, 2.45) is 34.0 Å². The summed E-state index contributed by atoms with van der Waals surface area (Å²) in [7, 11) is 0. The first-order chi connectivity index (χ1) is 12.6. The summed E-state index contributed by atoms with van der Waals surface area (Å²) >= 11 is 0. The van der Waals surface area contributed by atoms with E-state index in [0.29, 0.717) is 12.8 Å². The van der Waals surface area contributed by atoms with Gasteiger partial charge in [0, 0.05) is 23.2 Å². The number of ether oxygens (including phenoxy) is 1. The van der Waals surface area contributed by atoms with E-state index in [1.807, 2.05) is 6.92 Å². The van der Waals surface area contributed by atoms with Gasteiger partial charge in [-0.15, -0.1) is 6.58 Å². The Morgan fingerprint density at radius 2 is 2.00 bits per heavy atom. The van der Waals surface area contributed by atoms with Gasteiger partial charge in [0.2, 0.25) is 0 Å². The average Bonchev–Trinajstić information content (AvgIpc) is 3.00. The Balaban J connectivity index is 2.21. The minimum absolute atomic E-state index is 0.0433. The number of Topliss-reactive ketones (excluding diaryl/α,β-unsaturated/α-hetero) is 1. The van der Waals surface area contributed by atoms with Crippen LogP contribution < -0.4 is 0 Å². The maximum atomic E-state index is 13.1. The van der Waals surface area contributed by atoms with E-state index >= 15 is 0 Å². The van der Waals surface area contributed by atoms with Crippen LogP contribution in [0.3, 0.4) is 0 Å². The van der Waals surface area contributed by atoms with E-state index in [1.54, 1.807) is 6.08 Å². The maximum Gasteiger partial charge on any atom is 0.332 e. The van der Waals surface area contributed by atoms with E-state index in [4.69, 9.17) is 4.74 Å². The quantitative estimate of drug-likeness (QED) is 0.583. The Bertz CT molecular complexity index is 645. The number of ketones is 1. The number of carbonyl (C=O) groups excluding carboxylic acids is 2. The summed E-state index contributed by atoms with van der Waals surface area (Å²) in [5.74, 6) is -0.520. The van der Waals surface area contributed by atoms with Gasteiger partial charge in [0.1, 0.15) is 18.5 Å². The summed E-state index contributed by atoms with van der Waals surface area (Å²) in [6, 6.07) is 0. The fourth-order valence-corrected chi connectivity index (χ4v) is 6.70. The number of esters is 1. The van der Waals surface area contributed by atoms with Crippen LogP contribution in [0.4, 0.5) is 0 Å². The van der Waals surface area contributed by atoms with Crippen LogP contribution in [0, 0.1) is 34.0 Å². The molecule has 5 heteroatoms. The van der Waals surface area contributed by atoms with Crippen molar-refractivity contribution in [3.63, 3.8) is 0 Å². The van der Waals surface area contributed by atoms with Gasteiger partial charge in [0.15, 0.2) is 0 Å². The predicted molar refractivity (Wildman–Crippen MR) is 102 cm³/mol. The summed E-state index contributed by atoms with van der Waals surface area (Å²) in [4.78, 5) is 25.2. The van der Waals surface area contributed by atoms with E-state index in [-0.39, 0.29) is 29.0 Å². The van der Waals surface area contributed by atoms with Gasteiger partial charge in [-0.05, 0) is 42.9 Å². The van der Waals surface area contributed by atoms with Gasteiger partial charge in [-0.2, -0.15) is 0 Å². The lowest BCUT2D eigenvalue weighted by atomic mass is 9.44. The topological polar surface area (TPSA) is 83.8 Å². The van der Waals surface area contributed by atoms with Crippen LogP contribution in [0.1, 0.15) is 59.8 Å². The molecule has 1 unspecified atom stereocenters. The van der Waals surface area contributed by atoms with Crippen molar-refractivity contribution in [1.29, 1.82) is 0 Å². The molecule has 0 amide bonds. The molecule has 2 N–H and O–H groups in total. The Morgan fingerprint density at radius 3 is 2.59 bits per heavy atom. The largest absolute Gasteiger partial charge is 0.460 e. The molecule has 3 aliphatic rings. The molecule has 3 fully saturated rings. The highest BCUT2D eigenvalue weighted by Gasteiger charge is 2.68. The second kappa shape index (κ2) is 6.70. The third-order valence-electron chi connectivity index (χ3n) is 8.70. The molecule has 3 rings (SSSR count). The van der Waals surface area contributed by atoms with Gasteiger partial charge in [0.25, 0.3) is 0 Å². The van der Waals surface area contributed by atoms with Gasteiger partial charge in [0.05, 0.1) is 6.10 Å². The molecular formula is C22H34O5. The standard InChI is InChI=1S/C22H34O5/c1-6-20(4)11-16(27-17(25)12-23)21(5)13(2)7-9-22(14(3)19(20)26)10-8-15(24)18(21)22/h6,13-14,16,18-19,23,26H,1,7-12H2,2-5H3/t13-,14+,16-,18?,19+,20+,21+,22-/m1/s1. The van der Waals surface area contributed by atoms with Crippen LogP contribution in [0.25, 0.3) is 0 Å². The van der Waals surface area contributed by atoms with Crippen LogP contribution >= 0.6 is 0 Å². The minimum atomic E-state index is -0.686. The lowest BCUT2D eigenvalue weighted by Gasteiger charge is -2.61. The van der Waals surface area contributed by atoms with Crippen molar-refractivity contribution in [1.82, 2.24) is 0 Å². The molecule has 0 saturated heterocycles. The lowest BCUT2D eigenvalue weighted by molar-refractivity contribution is -0.207. The zero-order chi connectivity index (χ0) is 20.2. The molecule has 0 aromatic carbocycles. The fourth-order valence-electron chi connectivity index (χ4n) is 6.70. The maximum absolute atomic E-state index is 13.1. The van der Waals surface area contributed by atoms with E-state index in [9.17, 15) is 19.8 Å². The third-order valence-corrected chi connectivity index (χ3v) is 8.70. The molecule has 27 heavy (non-hydrogen) atoms. The van der Waals surface area contributed by atoms with Crippen molar-refractivity contribution < 1.29 is 24.5 Å². The highest BCUT2D eigenvalue weighted by molar-refractivity contribution is 5.85. The van der Waals surface area contributed by atoms with Crippen LogP contribution in [-0.2, 0) is 14.3 Å². The zero-order valence-corrected chi connectivity index (χ0v) is 17.0. The number of hydrogen-bond donors (Lipinski definition) is 2. The third kappa shape index (κ3) is 2.72. The first kappa shape index (κ1) is 20.5. The minimum Gasteiger partial charge on any atom is -0.460 e. The zero-order valence-electron chi connectivity index (χ0n) is 17.0. The Labute approximate surface area is 162 Å². The molecule has 0 spiro atoms. The van der Waals surface area contributed by atoms with E-state index in [2.05, 4.69) is 27.4 Å². The molecule has 5 nitrogen and oxygen atoms in total. The number of aliphatic hydroxyl groups excluding tert-OH is 2. The van der Waals surface area contributed by atoms with Crippen LogP contribution in [0.2, 0.25) is 0 Å². The SMILES string of the molecule is C=C[C@@]1(C)C[C@@H](OC(=O)CO)[C@@]2(C)C3C(=O)CC[C@]3(CC[C@H]2C)[C@@H](C)[C@@H]1O. The average molecular weight is 379 g/mol. The Morgan fingerprint density at radius 1 is 1.33 bits per heavy atom. The monoisotopic (exact) mass is 378 g/mol. The van der Waals surface area contributed by atoms with Gasteiger partial charge < -0.3 is 14.9 Å². The summed E-state index contributed by atoms with van der Waals surface area (Å²) in [6.45, 7) is 11.5. The van der Waals surface area contributed by atoms with Crippen LogP contribution in [0.5, 0.6) is 0 Å². The summed E-state index contributed by atoms with van der Waals surface area (Å²) in [5.41, 5.74) is -1.43. The van der Waals surface area contributed by atoms with Crippen molar-refractivity contribution in [2.75, 3.05) is 6.61 Å². The predicted octanol–water partition coefficient (Wildman–Crippen LogP) is 2.89. The second-order valence-corrected chi connectivity index (χ2v) is 9.72. The highest BCUT2D eigenvalue weighted by atomic mass is 16.6. The molecule has 0 aliphatic heterocycles.